The second-order valence-electron chi connectivity index (χ2n) is 8.61. The first-order chi connectivity index (χ1) is 13.7. The van der Waals surface area contributed by atoms with Gasteiger partial charge in [-0.1, -0.05) is 6.92 Å². The minimum absolute atomic E-state index is 0.0391. The first-order valence-electron chi connectivity index (χ1n) is 10.1. The van der Waals surface area contributed by atoms with Gasteiger partial charge in [0.05, 0.1) is 18.1 Å². The highest BCUT2D eigenvalue weighted by Gasteiger charge is 2.60. The van der Waals surface area contributed by atoms with E-state index in [9.17, 15) is 24.6 Å². The van der Waals surface area contributed by atoms with Gasteiger partial charge in [-0.3, -0.25) is 4.79 Å². The van der Waals surface area contributed by atoms with E-state index in [0.717, 1.165) is 17.9 Å². The maximum absolute atomic E-state index is 12.4. The number of aliphatic carboxylic acids is 1. The number of nitrogens with one attached hydrogen (secondary N) is 2. The second kappa shape index (κ2) is 7.48. The molecule has 7 atom stereocenters. The Balaban J connectivity index is 1.43. The van der Waals surface area contributed by atoms with E-state index in [0.29, 0.717) is 13.1 Å². The van der Waals surface area contributed by atoms with Crippen molar-refractivity contribution < 1.29 is 24.6 Å². The van der Waals surface area contributed by atoms with Crippen LogP contribution in [-0.4, -0.2) is 87.0 Å². The molecule has 160 valence electrons. The molecule has 0 aromatic rings. The van der Waals surface area contributed by atoms with Crippen LogP contribution in [0, 0.1) is 11.8 Å². The Kier molecular flexibility index (Phi) is 5.28. The van der Waals surface area contributed by atoms with Crippen molar-refractivity contribution in [3.05, 3.63) is 10.6 Å². The average molecular weight is 425 g/mol. The number of carboxylic acids is 1. The van der Waals surface area contributed by atoms with Crippen LogP contribution in [0.5, 0.6) is 0 Å². The minimum atomic E-state index is -1.09. The first-order valence-corrected chi connectivity index (χ1v) is 11.0. The number of carbonyl (C=O) groups is 3. The molecular formula is C19H28N4O5S. The van der Waals surface area contributed by atoms with Gasteiger partial charge in [0.15, 0.2) is 0 Å². The molecule has 4 N–H and O–H groups in total. The molecule has 0 aromatic heterocycles. The molecule has 3 saturated heterocycles. The molecule has 0 saturated carbocycles. The van der Waals surface area contributed by atoms with E-state index in [1.165, 1.54) is 16.7 Å². The van der Waals surface area contributed by atoms with Gasteiger partial charge in [0.2, 0.25) is 5.91 Å². The topological polar surface area (TPSA) is 122 Å². The van der Waals surface area contributed by atoms with Crippen molar-refractivity contribution in [1.29, 1.82) is 0 Å². The largest absolute Gasteiger partial charge is 0.477 e. The molecule has 29 heavy (non-hydrogen) atoms. The molecule has 0 bridgehead atoms. The zero-order valence-electron chi connectivity index (χ0n) is 16.8. The first kappa shape index (κ1) is 20.5. The lowest BCUT2D eigenvalue weighted by Crippen LogP contribution is -2.63. The van der Waals surface area contributed by atoms with Crippen molar-refractivity contribution >= 4 is 29.7 Å². The smallest absolute Gasteiger partial charge is 0.353 e. The fourth-order valence-corrected chi connectivity index (χ4v) is 6.57. The van der Waals surface area contributed by atoms with Crippen molar-refractivity contribution in [2.75, 3.05) is 19.6 Å². The number of aliphatic hydroxyl groups excluding tert-OH is 1. The third-order valence-electron chi connectivity index (χ3n) is 6.38. The number of β-lactam (4-membered cyclic amide) rings is 1. The Labute approximate surface area is 173 Å². The zero-order valence-corrected chi connectivity index (χ0v) is 17.6. The maximum Gasteiger partial charge on any atom is 0.353 e. The summed E-state index contributed by atoms with van der Waals surface area (Å²) in [6, 6.07) is -0.00240. The van der Waals surface area contributed by atoms with E-state index in [1.54, 1.807) is 6.92 Å². The van der Waals surface area contributed by atoms with E-state index in [2.05, 4.69) is 10.6 Å². The van der Waals surface area contributed by atoms with Crippen molar-refractivity contribution in [2.45, 2.75) is 56.7 Å². The molecule has 0 aliphatic carbocycles. The number of aliphatic hydroxyl groups is 1. The Hall–Kier alpha value is -1.78. The number of urea groups is 1. The Morgan fingerprint density at radius 2 is 2.07 bits per heavy atom. The van der Waals surface area contributed by atoms with Crippen LogP contribution >= 0.6 is 11.8 Å². The number of carboxylic acid groups (broad SMARTS) is 1. The van der Waals surface area contributed by atoms with Crippen LogP contribution in [0.15, 0.2) is 10.6 Å². The number of carbonyl (C=O) groups excluding carboxylic acids is 2. The predicted molar refractivity (Wildman–Crippen MR) is 107 cm³/mol. The van der Waals surface area contributed by atoms with Crippen LogP contribution in [-0.2, 0) is 9.59 Å². The van der Waals surface area contributed by atoms with Gasteiger partial charge in [-0.05, 0) is 20.3 Å². The minimum Gasteiger partial charge on any atom is -0.477 e. The van der Waals surface area contributed by atoms with Gasteiger partial charge in [-0.2, -0.15) is 0 Å². The van der Waals surface area contributed by atoms with Crippen LogP contribution in [0.3, 0.4) is 0 Å². The van der Waals surface area contributed by atoms with Gasteiger partial charge in [-0.25, -0.2) is 9.59 Å². The molecule has 0 aromatic carbocycles. The van der Waals surface area contributed by atoms with Crippen molar-refractivity contribution in [3.63, 3.8) is 0 Å². The summed E-state index contributed by atoms with van der Waals surface area (Å²) in [5.41, 5.74) is 0.0746. The van der Waals surface area contributed by atoms with Crippen LogP contribution < -0.4 is 10.6 Å². The lowest BCUT2D eigenvalue weighted by molar-refractivity contribution is -0.163. The van der Waals surface area contributed by atoms with Crippen LogP contribution in [0.4, 0.5) is 4.79 Å². The standard InChI is InChI=1S/C19H28N4O5S/c1-8-6-22(19(28)21-8)7-11-4-12(5-20-11)29-16-9(2)14-13(10(3)24)17(25)23(14)15(16)18(26)27/h8-14,20,24H,4-7H2,1-3H3,(H,21,28)(H,26,27). The predicted octanol–water partition coefficient (Wildman–Crippen LogP) is 0.0175. The summed E-state index contributed by atoms with van der Waals surface area (Å²) in [5, 5.41) is 26.2. The number of hydrogen-bond donors (Lipinski definition) is 4. The zero-order chi connectivity index (χ0) is 21.0. The average Bonchev–Trinajstić information content (AvgIpc) is 3.26. The highest BCUT2D eigenvalue weighted by molar-refractivity contribution is 8.03. The number of fused-ring (bicyclic) bond motifs is 1. The van der Waals surface area contributed by atoms with Crippen LogP contribution in [0.25, 0.3) is 0 Å². The lowest BCUT2D eigenvalue weighted by atomic mass is 9.79. The van der Waals surface area contributed by atoms with Crippen molar-refractivity contribution in [1.82, 2.24) is 20.4 Å². The van der Waals surface area contributed by atoms with E-state index >= 15 is 0 Å². The number of nitrogens with zero attached hydrogens (tertiary/aromatic N) is 2. The molecule has 4 aliphatic heterocycles. The fourth-order valence-electron chi connectivity index (χ4n) is 5.05. The molecule has 0 spiro atoms. The van der Waals surface area contributed by atoms with E-state index in [-0.39, 0.29) is 46.9 Å². The molecule has 4 aliphatic rings. The van der Waals surface area contributed by atoms with Crippen molar-refractivity contribution in [2.24, 2.45) is 11.8 Å². The SMILES string of the molecule is CC1CN(CC2CC(SC3=C(C(=O)O)N4C(=O)C(C(C)O)C4C3C)CN2)C(=O)N1. The Morgan fingerprint density at radius 1 is 1.34 bits per heavy atom. The summed E-state index contributed by atoms with van der Waals surface area (Å²) < 4.78 is 0. The summed E-state index contributed by atoms with van der Waals surface area (Å²) in [5.74, 6) is -2.05. The second-order valence-corrected chi connectivity index (χ2v) is 9.95. The van der Waals surface area contributed by atoms with Crippen LogP contribution in [0.2, 0.25) is 0 Å². The summed E-state index contributed by atoms with van der Waals surface area (Å²) in [6.07, 6.45) is 0.0295. The molecule has 9 nitrogen and oxygen atoms in total. The van der Waals surface area contributed by atoms with Gasteiger partial charge in [-0.15, -0.1) is 11.8 Å². The highest BCUT2D eigenvalue weighted by atomic mass is 32.2. The maximum atomic E-state index is 12.4. The van der Waals surface area contributed by atoms with Gasteiger partial charge in [0, 0.05) is 47.8 Å². The number of rotatable bonds is 6. The van der Waals surface area contributed by atoms with Gasteiger partial charge >= 0.3 is 12.0 Å². The number of amides is 3. The van der Waals surface area contributed by atoms with Crippen LogP contribution in [0.1, 0.15) is 27.2 Å². The molecular weight excluding hydrogens is 396 g/mol. The number of hydrogen-bond acceptors (Lipinski definition) is 6. The lowest BCUT2D eigenvalue weighted by Gasteiger charge is -2.46. The molecule has 3 amide bonds. The Bertz CT molecular complexity index is 772. The summed E-state index contributed by atoms with van der Waals surface area (Å²) in [7, 11) is 0. The molecule has 4 heterocycles. The monoisotopic (exact) mass is 424 g/mol. The van der Waals surface area contributed by atoms with Gasteiger partial charge in [0.1, 0.15) is 5.70 Å². The van der Waals surface area contributed by atoms with E-state index in [4.69, 9.17) is 0 Å². The van der Waals surface area contributed by atoms with E-state index in [1.807, 2.05) is 18.7 Å². The molecule has 3 fully saturated rings. The Morgan fingerprint density at radius 3 is 2.66 bits per heavy atom. The molecule has 10 heteroatoms. The molecule has 0 radical (unpaired) electrons. The third kappa shape index (κ3) is 3.40. The highest BCUT2D eigenvalue weighted by Crippen LogP contribution is 2.51. The fraction of sp³-hybridized carbons (Fsp3) is 0.737. The summed E-state index contributed by atoms with van der Waals surface area (Å²) >= 11 is 1.53. The van der Waals surface area contributed by atoms with Gasteiger partial charge in [0.25, 0.3) is 0 Å². The normalized spacial score (nSPS) is 37.7. The third-order valence-corrected chi connectivity index (χ3v) is 7.89. The molecule has 4 rings (SSSR count). The van der Waals surface area contributed by atoms with Crippen molar-refractivity contribution in [3.8, 4) is 0 Å². The summed E-state index contributed by atoms with van der Waals surface area (Å²) in [4.78, 5) is 40.2. The molecule has 7 unspecified atom stereocenters. The summed E-state index contributed by atoms with van der Waals surface area (Å²) in [6.45, 7) is 7.55. The number of thioether (sulfide) groups is 1. The van der Waals surface area contributed by atoms with Gasteiger partial charge < -0.3 is 30.6 Å². The van der Waals surface area contributed by atoms with E-state index < -0.39 is 18.0 Å². The quantitative estimate of drug-likeness (QED) is 0.443.